The summed E-state index contributed by atoms with van der Waals surface area (Å²) in [6.07, 6.45) is 2.63. The van der Waals surface area contributed by atoms with Crippen LogP contribution in [-0.2, 0) is 14.3 Å². The Morgan fingerprint density at radius 1 is 1.16 bits per heavy atom. The van der Waals surface area contributed by atoms with Gasteiger partial charge in [0.25, 0.3) is 5.91 Å². The Morgan fingerprint density at radius 3 is 2.64 bits per heavy atom. The first-order valence-electron chi connectivity index (χ1n) is 7.22. The highest BCUT2D eigenvalue weighted by molar-refractivity contribution is 5.94. The number of methoxy groups -OCH3 is 1. The Balaban J connectivity index is 1.87. The molecule has 2 rings (SSSR count). The molecule has 2 aromatic carbocycles. The van der Waals surface area contributed by atoms with Gasteiger partial charge in [-0.1, -0.05) is 18.2 Å². The summed E-state index contributed by atoms with van der Waals surface area (Å²) in [5.74, 6) is -2.60. The van der Waals surface area contributed by atoms with E-state index >= 15 is 0 Å². The van der Waals surface area contributed by atoms with Crippen molar-refractivity contribution in [1.29, 1.82) is 0 Å². The number of carbonyl (C=O) groups excluding carboxylic acids is 2. The quantitative estimate of drug-likeness (QED) is 0.644. The van der Waals surface area contributed by atoms with E-state index in [1.54, 1.807) is 24.3 Å². The second kappa shape index (κ2) is 8.58. The summed E-state index contributed by atoms with van der Waals surface area (Å²) in [6, 6.07) is 9.75. The van der Waals surface area contributed by atoms with Crippen LogP contribution in [0.4, 0.5) is 14.5 Å². The van der Waals surface area contributed by atoms with Crippen molar-refractivity contribution in [1.82, 2.24) is 0 Å². The van der Waals surface area contributed by atoms with Gasteiger partial charge >= 0.3 is 5.97 Å². The summed E-state index contributed by atoms with van der Waals surface area (Å²) in [7, 11) is 1.50. The summed E-state index contributed by atoms with van der Waals surface area (Å²) >= 11 is 0. The average Bonchev–Trinajstić information content (AvgIpc) is 2.60. The van der Waals surface area contributed by atoms with Crippen LogP contribution < -0.4 is 10.1 Å². The molecule has 0 aliphatic carbocycles. The molecule has 0 aromatic heterocycles. The summed E-state index contributed by atoms with van der Waals surface area (Å²) < 4.78 is 36.1. The van der Waals surface area contributed by atoms with Crippen LogP contribution in [0, 0.1) is 11.6 Å². The zero-order valence-electron chi connectivity index (χ0n) is 13.3. The molecule has 0 aliphatic rings. The lowest BCUT2D eigenvalue weighted by Gasteiger charge is -2.06. The Labute approximate surface area is 142 Å². The summed E-state index contributed by atoms with van der Waals surface area (Å²) in [4.78, 5) is 23.3. The van der Waals surface area contributed by atoms with E-state index in [4.69, 9.17) is 9.47 Å². The van der Waals surface area contributed by atoms with E-state index in [0.717, 1.165) is 18.2 Å². The number of halogens is 2. The first kappa shape index (κ1) is 18.1. The number of ether oxygens (including phenoxy) is 2. The number of hydrogen-bond donors (Lipinski definition) is 1. The smallest absolute Gasteiger partial charge is 0.331 e. The number of nitrogens with one attached hydrogen (secondary N) is 1. The Kier molecular flexibility index (Phi) is 6.22. The van der Waals surface area contributed by atoms with Crippen molar-refractivity contribution in [2.45, 2.75) is 0 Å². The number of para-hydroxylation sites is 1. The highest BCUT2D eigenvalue weighted by Gasteiger charge is 2.10. The molecule has 0 spiro atoms. The van der Waals surface area contributed by atoms with Crippen LogP contribution in [0.15, 0.2) is 48.5 Å². The normalized spacial score (nSPS) is 10.5. The predicted molar refractivity (Wildman–Crippen MR) is 88.0 cm³/mol. The Hall–Kier alpha value is -3.22. The lowest BCUT2D eigenvalue weighted by molar-refractivity contribution is -0.142. The molecule has 1 N–H and O–H groups in total. The molecule has 0 unspecified atom stereocenters. The molecule has 5 nitrogen and oxygen atoms in total. The van der Waals surface area contributed by atoms with Gasteiger partial charge in [0.05, 0.1) is 12.8 Å². The van der Waals surface area contributed by atoms with Crippen molar-refractivity contribution in [2.24, 2.45) is 0 Å². The molecule has 0 bridgehead atoms. The number of amides is 1. The van der Waals surface area contributed by atoms with Crippen molar-refractivity contribution in [3.05, 3.63) is 65.7 Å². The van der Waals surface area contributed by atoms with Crippen LogP contribution in [0.5, 0.6) is 5.75 Å². The summed E-state index contributed by atoms with van der Waals surface area (Å²) in [5, 5.41) is 2.18. The van der Waals surface area contributed by atoms with Crippen LogP contribution in [-0.4, -0.2) is 25.6 Å². The molecule has 0 saturated heterocycles. The van der Waals surface area contributed by atoms with Gasteiger partial charge in [0, 0.05) is 17.7 Å². The van der Waals surface area contributed by atoms with Gasteiger partial charge in [-0.25, -0.2) is 13.6 Å². The van der Waals surface area contributed by atoms with Gasteiger partial charge in [-0.05, 0) is 24.3 Å². The van der Waals surface area contributed by atoms with Gasteiger partial charge in [-0.3, -0.25) is 4.79 Å². The standard InChI is InChI=1S/C18H15F2NO4/c1-24-16-5-3-2-4-12(16)6-9-18(23)25-11-17(22)21-15-8-7-13(19)10-14(15)20/h2-10H,11H2,1H3,(H,21,22). The van der Waals surface area contributed by atoms with Gasteiger partial charge in [0.15, 0.2) is 6.61 Å². The minimum absolute atomic E-state index is 0.202. The molecule has 1 amide bonds. The second-order valence-electron chi connectivity index (χ2n) is 4.86. The molecular formula is C18H15F2NO4. The fourth-order valence-electron chi connectivity index (χ4n) is 1.92. The molecule has 25 heavy (non-hydrogen) atoms. The van der Waals surface area contributed by atoms with E-state index < -0.39 is 30.1 Å². The fourth-order valence-corrected chi connectivity index (χ4v) is 1.92. The van der Waals surface area contributed by atoms with Crippen LogP contribution in [0.2, 0.25) is 0 Å². The van der Waals surface area contributed by atoms with Gasteiger partial charge in [-0.2, -0.15) is 0 Å². The third kappa shape index (κ3) is 5.42. The molecule has 0 saturated carbocycles. The largest absolute Gasteiger partial charge is 0.496 e. The zero-order valence-corrected chi connectivity index (χ0v) is 13.3. The van der Waals surface area contributed by atoms with E-state index in [9.17, 15) is 18.4 Å². The van der Waals surface area contributed by atoms with Gasteiger partial charge in [-0.15, -0.1) is 0 Å². The number of benzene rings is 2. The SMILES string of the molecule is COc1ccccc1C=CC(=O)OCC(=O)Nc1ccc(F)cc1F. The van der Waals surface area contributed by atoms with Crippen molar-refractivity contribution in [3.8, 4) is 5.75 Å². The number of esters is 1. The maximum absolute atomic E-state index is 13.4. The zero-order chi connectivity index (χ0) is 18.2. The first-order chi connectivity index (χ1) is 12.0. The minimum Gasteiger partial charge on any atom is -0.496 e. The van der Waals surface area contributed by atoms with Crippen molar-refractivity contribution < 1.29 is 27.8 Å². The number of anilines is 1. The van der Waals surface area contributed by atoms with E-state index in [-0.39, 0.29) is 5.69 Å². The van der Waals surface area contributed by atoms with Gasteiger partial charge in [0.1, 0.15) is 17.4 Å². The van der Waals surface area contributed by atoms with Crippen LogP contribution in [0.25, 0.3) is 6.08 Å². The molecule has 130 valence electrons. The Morgan fingerprint density at radius 2 is 1.92 bits per heavy atom. The Bertz CT molecular complexity index is 805. The first-order valence-corrected chi connectivity index (χ1v) is 7.22. The molecule has 0 fully saturated rings. The van der Waals surface area contributed by atoms with E-state index in [1.807, 2.05) is 0 Å². The topological polar surface area (TPSA) is 64.6 Å². The molecule has 7 heteroatoms. The summed E-state index contributed by atoms with van der Waals surface area (Å²) in [5.41, 5.74) is 0.465. The third-order valence-electron chi connectivity index (χ3n) is 3.09. The molecule has 2 aromatic rings. The van der Waals surface area contributed by atoms with Crippen LogP contribution in [0.3, 0.4) is 0 Å². The second-order valence-corrected chi connectivity index (χ2v) is 4.86. The maximum atomic E-state index is 13.4. The van der Waals surface area contributed by atoms with Crippen LogP contribution >= 0.6 is 0 Å². The molecule has 0 radical (unpaired) electrons. The number of carbonyl (C=O) groups is 2. The summed E-state index contributed by atoms with van der Waals surface area (Å²) in [6.45, 7) is -0.605. The van der Waals surface area contributed by atoms with E-state index in [0.29, 0.717) is 17.4 Å². The number of hydrogen-bond acceptors (Lipinski definition) is 4. The minimum atomic E-state index is -0.921. The highest BCUT2D eigenvalue weighted by atomic mass is 19.1. The van der Waals surface area contributed by atoms with Gasteiger partial charge < -0.3 is 14.8 Å². The number of rotatable bonds is 6. The molecule has 0 heterocycles. The third-order valence-corrected chi connectivity index (χ3v) is 3.09. The predicted octanol–water partition coefficient (Wildman–Crippen LogP) is 3.17. The average molecular weight is 347 g/mol. The maximum Gasteiger partial charge on any atom is 0.331 e. The lowest BCUT2D eigenvalue weighted by Crippen LogP contribution is -2.20. The monoisotopic (exact) mass is 347 g/mol. The van der Waals surface area contributed by atoms with E-state index in [2.05, 4.69) is 5.32 Å². The molecular weight excluding hydrogens is 332 g/mol. The van der Waals surface area contributed by atoms with Crippen molar-refractivity contribution in [3.63, 3.8) is 0 Å². The molecule has 0 atom stereocenters. The van der Waals surface area contributed by atoms with Crippen molar-refractivity contribution in [2.75, 3.05) is 19.0 Å². The van der Waals surface area contributed by atoms with E-state index in [1.165, 1.54) is 13.2 Å². The van der Waals surface area contributed by atoms with Gasteiger partial charge in [0.2, 0.25) is 0 Å². The van der Waals surface area contributed by atoms with Crippen molar-refractivity contribution >= 4 is 23.6 Å². The lowest BCUT2D eigenvalue weighted by atomic mass is 10.2. The highest BCUT2D eigenvalue weighted by Crippen LogP contribution is 2.18. The molecule has 0 aliphatic heterocycles. The fraction of sp³-hybridized carbons (Fsp3) is 0.111. The van der Waals surface area contributed by atoms with Crippen LogP contribution in [0.1, 0.15) is 5.56 Å².